The molecule has 0 aliphatic carbocycles. The second-order valence-electron chi connectivity index (χ2n) is 9.09. The maximum atomic E-state index is 13.6. The summed E-state index contributed by atoms with van der Waals surface area (Å²) in [6.07, 6.45) is 2.25. The van der Waals surface area contributed by atoms with Gasteiger partial charge in [0, 0.05) is 30.0 Å². The van der Waals surface area contributed by atoms with Crippen molar-refractivity contribution in [2.24, 2.45) is 11.7 Å². The molecule has 1 amide bonds. The first-order chi connectivity index (χ1) is 16.0. The predicted molar refractivity (Wildman–Crippen MR) is 129 cm³/mol. The maximum absolute atomic E-state index is 13.6. The van der Waals surface area contributed by atoms with E-state index in [0.29, 0.717) is 23.9 Å². The summed E-state index contributed by atoms with van der Waals surface area (Å²) in [4.78, 5) is 22.8. The summed E-state index contributed by atoms with van der Waals surface area (Å²) in [6, 6.07) is 12.3. The Labute approximate surface area is 198 Å². The van der Waals surface area contributed by atoms with E-state index in [1.54, 1.807) is 24.3 Å². The Morgan fingerprint density at radius 3 is 2.47 bits per heavy atom. The molecule has 10 heteroatoms. The van der Waals surface area contributed by atoms with Crippen molar-refractivity contribution in [1.82, 2.24) is 9.97 Å². The molecule has 0 saturated carbocycles. The van der Waals surface area contributed by atoms with Gasteiger partial charge >= 0.3 is 0 Å². The quantitative estimate of drug-likeness (QED) is 0.510. The molecule has 1 aliphatic rings. The highest BCUT2D eigenvalue weighted by Crippen LogP contribution is 2.39. The second-order valence-corrected chi connectivity index (χ2v) is 11.0. The Hall–Kier alpha value is -3.66. The van der Waals surface area contributed by atoms with Crippen LogP contribution in [0, 0.1) is 5.92 Å². The predicted octanol–water partition coefficient (Wildman–Crippen LogP) is 3.41. The third-order valence-electron chi connectivity index (χ3n) is 5.83. The Morgan fingerprint density at radius 2 is 1.85 bits per heavy atom. The molecule has 9 nitrogen and oxygen atoms in total. The number of ether oxygens (including phenoxy) is 1. The Kier molecular flexibility index (Phi) is 5.94. The third-order valence-corrected chi connectivity index (χ3v) is 7.53. The standard InChI is InChI=1S/C24H27N5O4S/c1-15-13-24(2,3)29(14-15)23-21(22(26)30)18(11-12-27-23)34(31,32)20-6-4-5-19(28-20)33-17-9-7-16(25)8-10-17/h4-12,15H,13-14,25H2,1-3H3,(H2,26,30). The normalized spacial score (nSPS) is 17.5. The highest BCUT2D eigenvalue weighted by atomic mass is 32.2. The van der Waals surface area contributed by atoms with Gasteiger partial charge in [-0.15, -0.1) is 0 Å². The number of carbonyl (C=O) groups is 1. The largest absolute Gasteiger partial charge is 0.439 e. The van der Waals surface area contributed by atoms with Crippen LogP contribution in [0.2, 0.25) is 0 Å². The molecule has 34 heavy (non-hydrogen) atoms. The van der Waals surface area contributed by atoms with Crippen molar-refractivity contribution >= 4 is 27.2 Å². The van der Waals surface area contributed by atoms with Crippen molar-refractivity contribution in [3.8, 4) is 11.6 Å². The molecule has 4 rings (SSSR count). The van der Waals surface area contributed by atoms with Gasteiger partial charge < -0.3 is 21.1 Å². The number of carbonyl (C=O) groups excluding carboxylic acids is 1. The number of sulfone groups is 1. The summed E-state index contributed by atoms with van der Waals surface area (Å²) < 4.78 is 32.9. The zero-order valence-electron chi connectivity index (χ0n) is 19.2. The van der Waals surface area contributed by atoms with E-state index in [9.17, 15) is 13.2 Å². The minimum atomic E-state index is -4.22. The van der Waals surface area contributed by atoms with Gasteiger partial charge in [0.05, 0.1) is 4.90 Å². The van der Waals surface area contributed by atoms with Gasteiger partial charge in [0.25, 0.3) is 5.91 Å². The number of nitrogens with two attached hydrogens (primary N) is 2. The van der Waals surface area contributed by atoms with E-state index in [0.717, 1.165) is 6.42 Å². The fourth-order valence-corrected chi connectivity index (χ4v) is 5.82. The van der Waals surface area contributed by atoms with Crippen molar-refractivity contribution in [1.29, 1.82) is 0 Å². The summed E-state index contributed by atoms with van der Waals surface area (Å²) in [5.74, 6) is 0.269. The fraction of sp³-hybridized carbons (Fsp3) is 0.292. The van der Waals surface area contributed by atoms with Crippen LogP contribution in [-0.4, -0.2) is 36.4 Å². The van der Waals surface area contributed by atoms with Gasteiger partial charge in [-0.2, -0.15) is 0 Å². The van der Waals surface area contributed by atoms with Gasteiger partial charge in [-0.25, -0.2) is 18.4 Å². The van der Waals surface area contributed by atoms with Crippen LogP contribution in [0.15, 0.2) is 64.6 Å². The van der Waals surface area contributed by atoms with Crippen molar-refractivity contribution in [3.63, 3.8) is 0 Å². The van der Waals surface area contributed by atoms with Crippen molar-refractivity contribution in [2.75, 3.05) is 17.2 Å². The highest BCUT2D eigenvalue weighted by molar-refractivity contribution is 7.91. The lowest BCUT2D eigenvalue weighted by Gasteiger charge is -2.33. The van der Waals surface area contributed by atoms with Crippen LogP contribution in [0.4, 0.5) is 11.5 Å². The second kappa shape index (κ2) is 8.60. The minimum absolute atomic E-state index is 0.0789. The summed E-state index contributed by atoms with van der Waals surface area (Å²) in [5, 5.41) is -0.269. The van der Waals surface area contributed by atoms with Crippen LogP contribution in [0.3, 0.4) is 0 Å². The zero-order chi connectivity index (χ0) is 24.7. The average Bonchev–Trinajstić information content (AvgIpc) is 3.06. The number of hydrogen-bond acceptors (Lipinski definition) is 8. The smallest absolute Gasteiger partial charge is 0.253 e. The molecule has 0 spiro atoms. The van der Waals surface area contributed by atoms with E-state index in [2.05, 4.69) is 16.9 Å². The van der Waals surface area contributed by atoms with E-state index >= 15 is 0 Å². The minimum Gasteiger partial charge on any atom is -0.439 e. The number of hydrogen-bond donors (Lipinski definition) is 2. The zero-order valence-corrected chi connectivity index (χ0v) is 20.0. The Bertz CT molecular complexity index is 1340. The average molecular weight is 482 g/mol. The summed E-state index contributed by atoms with van der Waals surface area (Å²) >= 11 is 0. The van der Waals surface area contributed by atoms with E-state index in [1.165, 1.54) is 30.5 Å². The van der Waals surface area contributed by atoms with Crippen LogP contribution in [0.25, 0.3) is 0 Å². The third kappa shape index (κ3) is 4.41. The Morgan fingerprint density at radius 1 is 1.15 bits per heavy atom. The molecule has 1 aromatic carbocycles. The van der Waals surface area contributed by atoms with E-state index < -0.39 is 15.7 Å². The van der Waals surface area contributed by atoms with Gasteiger partial charge in [-0.1, -0.05) is 13.0 Å². The molecule has 1 fully saturated rings. The number of aromatic nitrogens is 2. The molecular weight excluding hydrogens is 454 g/mol. The van der Waals surface area contributed by atoms with Crippen LogP contribution in [-0.2, 0) is 9.84 Å². The number of primary amides is 1. The fourth-order valence-electron chi connectivity index (χ4n) is 4.42. The SMILES string of the molecule is CC1CN(c2nccc(S(=O)(=O)c3cccc(Oc4ccc(N)cc4)n3)c2C(N)=O)C(C)(C)C1. The molecule has 1 aliphatic heterocycles. The Balaban J connectivity index is 1.77. The van der Waals surface area contributed by atoms with Crippen molar-refractivity contribution in [2.45, 2.75) is 42.7 Å². The van der Waals surface area contributed by atoms with Crippen LogP contribution >= 0.6 is 0 Å². The number of rotatable bonds is 6. The molecule has 4 N–H and O–H groups in total. The molecule has 178 valence electrons. The van der Waals surface area contributed by atoms with Gasteiger partial charge in [0.2, 0.25) is 15.7 Å². The van der Waals surface area contributed by atoms with Crippen LogP contribution < -0.4 is 21.1 Å². The van der Waals surface area contributed by atoms with Gasteiger partial charge in [-0.05, 0) is 62.6 Å². The summed E-state index contributed by atoms with van der Waals surface area (Å²) in [7, 11) is -4.22. The monoisotopic (exact) mass is 481 g/mol. The first-order valence-corrected chi connectivity index (χ1v) is 12.3. The molecule has 2 aromatic heterocycles. The molecule has 1 saturated heterocycles. The van der Waals surface area contributed by atoms with E-state index in [1.807, 2.05) is 18.7 Å². The highest BCUT2D eigenvalue weighted by Gasteiger charge is 2.40. The molecule has 1 atom stereocenters. The number of pyridine rings is 2. The van der Waals surface area contributed by atoms with Gasteiger partial charge in [0.15, 0.2) is 5.03 Å². The number of nitrogens with zero attached hydrogens (tertiary/aromatic N) is 3. The summed E-state index contributed by atoms with van der Waals surface area (Å²) in [5.41, 5.74) is 11.5. The topological polar surface area (TPSA) is 142 Å². The molecule has 0 radical (unpaired) electrons. The lowest BCUT2D eigenvalue weighted by molar-refractivity contribution is 0.0997. The van der Waals surface area contributed by atoms with Gasteiger partial charge in [0.1, 0.15) is 17.1 Å². The van der Waals surface area contributed by atoms with E-state index in [4.69, 9.17) is 16.2 Å². The molecule has 3 aromatic rings. The summed E-state index contributed by atoms with van der Waals surface area (Å²) in [6.45, 7) is 6.79. The van der Waals surface area contributed by atoms with Crippen LogP contribution in [0.1, 0.15) is 37.6 Å². The van der Waals surface area contributed by atoms with Gasteiger partial charge in [-0.3, -0.25) is 4.79 Å². The van der Waals surface area contributed by atoms with Crippen LogP contribution in [0.5, 0.6) is 11.6 Å². The lowest BCUT2D eigenvalue weighted by atomic mass is 9.97. The molecule has 0 bridgehead atoms. The number of anilines is 2. The number of benzene rings is 1. The van der Waals surface area contributed by atoms with Crippen molar-refractivity contribution in [3.05, 3.63) is 60.3 Å². The number of nitrogen functional groups attached to an aromatic ring is 1. The van der Waals surface area contributed by atoms with E-state index in [-0.39, 0.29) is 32.7 Å². The number of amides is 1. The first-order valence-electron chi connectivity index (χ1n) is 10.8. The van der Waals surface area contributed by atoms with Crippen molar-refractivity contribution < 1.29 is 17.9 Å². The maximum Gasteiger partial charge on any atom is 0.253 e. The molecule has 1 unspecified atom stereocenters. The first kappa shape index (κ1) is 23.5. The molecule has 3 heterocycles. The molecular formula is C24H27N5O4S. The lowest BCUT2D eigenvalue weighted by Crippen LogP contribution is -2.40.